The first-order chi connectivity index (χ1) is 14.4. The second-order valence-electron chi connectivity index (χ2n) is 8.41. The minimum Gasteiger partial charge on any atom is -0.365 e. The first-order valence-corrected chi connectivity index (χ1v) is 10.8. The number of nitrogens with one attached hydrogen (secondary N) is 1. The number of fused-ring (bicyclic) bond motifs is 1. The molecular formula is C25H37N5. The minimum absolute atomic E-state index is 0.739. The highest BCUT2D eigenvalue weighted by Crippen LogP contribution is 2.18. The predicted molar refractivity (Wildman–Crippen MR) is 129 cm³/mol. The van der Waals surface area contributed by atoms with E-state index in [0.717, 1.165) is 55.8 Å². The molecule has 0 spiro atoms. The van der Waals surface area contributed by atoms with Gasteiger partial charge in [-0.05, 0) is 67.2 Å². The maximum Gasteiger partial charge on any atom is 0.165 e. The summed E-state index contributed by atoms with van der Waals surface area (Å²) in [7, 11) is 0. The van der Waals surface area contributed by atoms with Gasteiger partial charge in [0.1, 0.15) is 11.8 Å². The third-order valence-electron chi connectivity index (χ3n) is 4.94. The van der Waals surface area contributed by atoms with Gasteiger partial charge in [0.05, 0.1) is 6.33 Å². The third kappa shape index (κ3) is 7.97. The molecule has 0 fully saturated rings. The fourth-order valence-corrected chi connectivity index (χ4v) is 3.10. The van der Waals surface area contributed by atoms with Crippen LogP contribution in [0.5, 0.6) is 0 Å². The Kier molecular flexibility index (Phi) is 9.52. The van der Waals surface area contributed by atoms with E-state index in [0.29, 0.717) is 0 Å². The van der Waals surface area contributed by atoms with Gasteiger partial charge in [0.2, 0.25) is 0 Å². The number of nitrogens with zero attached hydrogens (tertiary/aromatic N) is 4. The van der Waals surface area contributed by atoms with Gasteiger partial charge < -0.3 is 9.88 Å². The molecule has 0 bridgehead atoms. The molecule has 0 saturated carbocycles. The molecule has 5 nitrogen and oxygen atoms in total. The van der Waals surface area contributed by atoms with Crippen LogP contribution in [-0.4, -0.2) is 26.1 Å². The number of rotatable bonds is 11. The van der Waals surface area contributed by atoms with Crippen LogP contribution >= 0.6 is 0 Å². The van der Waals surface area contributed by atoms with E-state index in [4.69, 9.17) is 0 Å². The largest absolute Gasteiger partial charge is 0.365 e. The second-order valence-corrected chi connectivity index (χ2v) is 8.41. The molecular weight excluding hydrogens is 370 g/mol. The lowest BCUT2D eigenvalue weighted by atomic mass is 10.1. The van der Waals surface area contributed by atoms with Crippen molar-refractivity contribution >= 4 is 17.0 Å². The Bertz CT molecular complexity index is 936. The summed E-state index contributed by atoms with van der Waals surface area (Å²) in [5, 5.41) is 3.39. The summed E-state index contributed by atoms with van der Waals surface area (Å²) >= 11 is 0. The van der Waals surface area contributed by atoms with E-state index < -0.39 is 0 Å². The molecule has 162 valence electrons. The third-order valence-corrected chi connectivity index (χ3v) is 4.94. The van der Waals surface area contributed by atoms with E-state index in [2.05, 4.69) is 90.7 Å². The van der Waals surface area contributed by atoms with Gasteiger partial charge in [0, 0.05) is 13.1 Å². The fraction of sp³-hybridized carbons (Fsp3) is 0.480. The van der Waals surface area contributed by atoms with Crippen LogP contribution in [0.25, 0.3) is 11.2 Å². The van der Waals surface area contributed by atoms with Gasteiger partial charge in [-0.1, -0.05) is 46.6 Å². The molecule has 0 saturated heterocycles. The number of aromatic nitrogens is 4. The molecule has 0 unspecified atom stereocenters. The molecule has 30 heavy (non-hydrogen) atoms. The molecule has 0 radical (unpaired) electrons. The molecule has 0 atom stereocenters. The van der Waals surface area contributed by atoms with E-state index in [9.17, 15) is 0 Å². The van der Waals surface area contributed by atoms with E-state index in [1.165, 1.54) is 22.3 Å². The maximum absolute atomic E-state index is 4.56. The van der Waals surface area contributed by atoms with Crippen molar-refractivity contribution in [2.24, 2.45) is 0 Å². The highest BCUT2D eigenvalue weighted by atomic mass is 15.1. The molecule has 0 amide bonds. The van der Waals surface area contributed by atoms with Gasteiger partial charge in [0.15, 0.2) is 11.5 Å². The van der Waals surface area contributed by atoms with Crippen LogP contribution in [-0.2, 0) is 6.54 Å². The number of imidazole rings is 1. The zero-order chi connectivity index (χ0) is 21.9. The SMILES string of the molecule is CC(C)=CCC/C(C)=C/CNc1ncnc2c1ncn2C/C=C(\C)CCC=C(C)C. The first kappa shape index (κ1) is 23.6. The van der Waals surface area contributed by atoms with Gasteiger partial charge in [0.25, 0.3) is 0 Å². The zero-order valence-electron chi connectivity index (χ0n) is 19.5. The zero-order valence-corrected chi connectivity index (χ0v) is 19.5. The predicted octanol–water partition coefficient (Wildman–Crippen LogP) is 6.62. The standard InChI is InChI=1S/C25H37N5/c1-19(2)9-7-11-21(5)13-15-26-24-23-25(28-17-27-24)30(18-29-23)16-14-22(6)12-8-10-20(3)4/h9-10,13-14,17-18H,7-8,11-12,15-16H2,1-6H3,(H,26,27,28)/b21-13+,22-14+. The smallest absolute Gasteiger partial charge is 0.165 e. The van der Waals surface area contributed by atoms with Crippen LogP contribution in [0.15, 0.2) is 59.3 Å². The van der Waals surface area contributed by atoms with Crippen LogP contribution in [0.4, 0.5) is 5.82 Å². The molecule has 2 rings (SSSR count). The summed E-state index contributed by atoms with van der Waals surface area (Å²) in [4.78, 5) is 13.4. The number of anilines is 1. The quantitative estimate of drug-likeness (QED) is 0.425. The average molecular weight is 408 g/mol. The highest BCUT2D eigenvalue weighted by Gasteiger charge is 2.08. The van der Waals surface area contributed by atoms with Crippen LogP contribution in [0, 0.1) is 0 Å². The highest BCUT2D eigenvalue weighted by molar-refractivity contribution is 5.82. The minimum atomic E-state index is 0.739. The number of allylic oxidation sites excluding steroid dienone is 7. The lowest BCUT2D eigenvalue weighted by molar-refractivity contribution is 0.820. The molecule has 0 aromatic carbocycles. The summed E-state index contributed by atoms with van der Waals surface area (Å²) in [6.45, 7) is 14.4. The van der Waals surface area contributed by atoms with Crippen molar-refractivity contribution in [1.82, 2.24) is 19.5 Å². The van der Waals surface area contributed by atoms with Crippen molar-refractivity contribution in [2.45, 2.75) is 73.8 Å². The average Bonchev–Trinajstić information content (AvgIpc) is 3.10. The summed E-state index contributed by atoms with van der Waals surface area (Å²) in [5.41, 5.74) is 7.20. The van der Waals surface area contributed by atoms with Crippen LogP contribution in [0.1, 0.15) is 67.2 Å². The summed E-state index contributed by atoms with van der Waals surface area (Å²) < 4.78 is 2.08. The van der Waals surface area contributed by atoms with Crippen molar-refractivity contribution in [3.8, 4) is 0 Å². The Morgan fingerprint density at radius 3 is 2.10 bits per heavy atom. The lowest BCUT2D eigenvalue weighted by Crippen LogP contribution is -2.03. The number of hydrogen-bond acceptors (Lipinski definition) is 4. The Balaban J connectivity index is 1.98. The molecule has 5 heteroatoms. The monoisotopic (exact) mass is 407 g/mol. The van der Waals surface area contributed by atoms with Crippen LogP contribution in [0.3, 0.4) is 0 Å². The van der Waals surface area contributed by atoms with Crippen molar-refractivity contribution in [3.05, 3.63) is 59.3 Å². The summed E-state index contributed by atoms with van der Waals surface area (Å²) in [6.07, 6.45) is 16.9. The van der Waals surface area contributed by atoms with Gasteiger partial charge in [-0.25, -0.2) is 15.0 Å². The van der Waals surface area contributed by atoms with Crippen molar-refractivity contribution in [2.75, 3.05) is 11.9 Å². The van der Waals surface area contributed by atoms with Crippen LogP contribution < -0.4 is 5.32 Å². The van der Waals surface area contributed by atoms with E-state index in [-0.39, 0.29) is 0 Å². The Morgan fingerprint density at radius 1 is 0.833 bits per heavy atom. The molecule has 2 aromatic heterocycles. The number of hydrogen-bond donors (Lipinski definition) is 1. The van der Waals surface area contributed by atoms with Gasteiger partial charge in [-0.2, -0.15) is 0 Å². The van der Waals surface area contributed by atoms with Crippen molar-refractivity contribution in [3.63, 3.8) is 0 Å². The Labute approximate surface area is 181 Å². The van der Waals surface area contributed by atoms with Gasteiger partial charge in [-0.15, -0.1) is 0 Å². The van der Waals surface area contributed by atoms with Crippen molar-refractivity contribution in [1.29, 1.82) is 0 Å². The van der Waals surface area contributed by atoms with Gasteiger partial charge >= 0.3 is 0 Å². The van der Waals surface area contributed by atoms with Gasteiger partial charge in [-0.3, -0.25) is 0 Å². The summed E-state index contributed by atoms with van der Waals surface area (Å²) in [6, 6.07) is 0. The molecule has 0 aliphatic rings. The molecule has 2 heterocycles. The molecule has 0 aliphatic carbocycles. The summed E-state index contributed by atoms with van der Waals surface area (Å²) in [5.74, 6) is 0.788. The second kappa shape index (κ2) is 12.1. The lowest BCUT2D eigenvalue weighted by Gasteiger charge is -2.05. The maximum atomic E-state index is 4.56. The van der Waals surface area contributed by atoms with E-state index >= 15 is 0 Å². The molecule has 2 aromatic rings. The van der Waals surface area contributed by atoms with Crippen LogP contribution in [0.2, 0.25) is 0 Å². The molecule has 0 aliphatic heterocycles. The van der Waals surface area contributed by atoms with E-state index in [1.807, 2.05) is 6.33 Å². The Hall–Kier alpha value is -2.69. The molecule has 1 N–H and O–H groups in total. The normalized spacial score (nSPS) is 12.2. The Morgan fingerprint density at radius 2 is 1.47 bits per heavy atom. The first-order valence-electron chi connectivity index (χ1n) is 10.8. The topological polar surface area (TPSA) is 55.6 Å². The van der Waals surface area contributed by atoms with Crippen molar-refractivity contribution < 1.29 is 0 Å². The fourth-order valence-electron chi connectivity index (χ4n) is 3.10. The van der Waals surface area contributed by atoms with E-state index in [1.54, 1.807) is 6.33 Å².